The molecule has 0 saturated heterocycles. The van der Waals surface area contributed by atoms with Crippen LogP contribution in [-0.2, 0) is 14.6 Å². The van der Waals surface area contributed by atoms with E-state index in [0.29, 0.717) is 16.4 Å². The molecule has 86 valence electrons. The third kappa shape index (κ3) is 1.79. The number of rotatable bonds is 3. The molecular formula is C12H14O3S. The Balaban J connectivity index is 2.44. The number of benzene rings is 1. The highest BCUT2D eigenvalue weighted by molar-refractivity contribution is 7.95. The molecule has 0 fully saturated rings. The molecule has 0 spiro atoms. The van der Waals surface area contributed by atoms with Crippen LogP contribution in [0.1, 0.15) is 18.1 Å². The fraction of sp³-hybridized carbons (Fsp3) is 0.333. The van der Waals surface area contributed by atoms with Gasteiger partial charge < -0.3 is 4.74 Å². The summed E-state index contributed by atoms with van der Waals surface area (Å²) in [4.78, 5) is 0.761. The van der Waals surface area contributed by atoms with Crippen LogP contribution in [0.4, 0.5) is 0 Å². The molecule has 1 heterocycles. The second-order valence-corrected chi connectivity index (χ2v) is 5.76. The summed E-state index contributed by atoms with van der Waals surface area (Å²) in [6.07, 6.45) is 1.69. The molecular weight excluding hydrogens is 224 g/mol. The maximum atomic E-state index is 12.1. The van der Waals surface area contributed by atoms with Crippen LogP contribution in [0.5, 0.6) is 0 Å². The van der Waals surface area contributed by atoms with Crippen LogP contribution in [0.25, 0.3) is 6.08 Å². The molecule has 0 aromatic heterocycles. The molecule has 0 unspecified atom stereocenters. The van der Waals surface area contributed by atoms with E-state index in [-0.39, 0.29) is 6.61 Å². The first-order valence-electron chi connectivity index (χ1n) is 5.19. The highest BCUT2D eigenvalue weighted by atomic mass is 32.2. The molecule has 1 aliphatic rings. The van der Waals surface area contributed by atoms with Crippen molar-refractivity contribution in [3.05, 3.63) is 34.2 Å². The molecule has 0 atom stereocenters. The van der Waals surface area contributed by atoms with Gasteiger partial charge in [-0.25, -0.2) is 8.42 Å². The Labute approximate surface area is 95.7 Å². The van der Waals surface area contributed by atoms with E-state index in [1.54, 1.807) is 12.1 Å². The van der Waals surface area contributed by atoms with Gasteiger partial charge in [0.05, 0.1) is 16.4 Å². The summed E-state index contributed by atoms with van der Waals surface area (Å²) in [5.41, 5.74) is 1.72. The van der Waals surface area contributed by atoms with Gasteiger partial charge in [0.2, 0.25) is 9.84 Å². The Morgan fingerprint density at radius 3 is 2.75 bits per heavy atom. The third-order valence-electron chi connectivity index (χ3n) is 2.57. The van der Waals surface area contributed by atoms with Crippen LogP contribution in [0.3, 0.4) is 0 Å². The van der Waals surface area contributed by atoms with Gasteiger partial charge >= 0.3 is 0 Å². The first kappa shape index (κ1) is 11.4. The van der Waals surface area contributed by atoms with E-state index in [2.05, 4.69) is 0 Å². The molecule has 16 heavy (non-hydrogen) atoms. The summed E-state index contributed by atoms with van der Waals surface area (Å²) < 4.78 is 29.4. The monoisotopic (exact) mass is 238 g/mol. The molecule has 1 aromatic carbocycles. The lowest BCUT2D eigenvalue weighted by Gasteiger charge is -2.04. The van der Waals surface area contributed by atoms with Crippen molar-refractivity contribution in [3.8, 4) is 0 Å². The summed E-state index contributed by atoms with van der Waals surface area (Å²) in [5, 5.41) is 0. The molecule has 0 N–H and O–H groups in total. The van der Waals surface area contributed by atoms with Crippen molar-refractivity contribution in [2.24, 2.45) is 0 Å². The summed E-state index contributed by atoms with van der Waals surface area (Å²) >= 11 is 0. The van der Waals surface area contributed by atoms with Gasteiger partial charge in [-0.2, -0.15) is 0 Å². The molecule has 0 saturated carbocycles. The quantitative estimate of drug-likeness (QED) is 0.810. The van der Waals surface area contributed by atoms with Crippen molar-refractivity contribution in [2.75, 3.05) is 13.2 Å². The second-order valence-electron chi connectivity index (χ2n) is 3.79. The zero-order valence-corrected chi connectivity index (χ0v) is 10.2. The number of hydrogen-bond acceptors (Lipinski definition) is 3. The SMILES string of the molecule is CCOCC1=Cc2ccc(C)cc2S1(=O)=O. The van der Waals surface area contributed by atoms with Gasteiger partial charge in [-0.05, 0) is 37.1 Å². The molecule has 0 radical (unpaired) electrons. The van der Waals surface area contributed by atoms with E-state index in [4.69, 9.17) is 4.74 Å². The predicted molar refractivity (Wildman–Crippen MR) is 62.8 cm³/mol. The van der Waals surface area contributed by atoms with Crippen molar-refractivity contribution < 1.29 is 13.2 Å². The predicted octanol–water partition coefficient (Wildman–Crippen LogP) is 2.16. The minimum absolute atomic E-state index is 0.159. The highest BCUT2D eigenvalue weighted by Crippen LogP contribution is 2.33. The Kier molecular flexibility index (Phi) is 2.86. The average Bonchev–Trinajstić information content (AvgIpc) is 2.48. The summed E-state index contributed by atoms with van der Waals surface area (Å²) in [7, 11) is -3.31. The first-order valence-corrected chi connectivity index (χ1v) is 6.68. The van der Waals surface area contributed by atoms with Gasteiger partial charge in [-0.1, -0.05) is 12.1 Å². The molecule has 4 heteroatoms. The molecule has 0 bridgehead atoms. The molecule has 3 nitrogen and oxygen atoms in total. The fourth-order valence-electron chi connectivity index (χ4n) is 1.71. The number of hydrogen-bond donors (Lipinski definition) is 0. The third-order valence-corrected chi connectivity index (χ3v) is 4.43. The van der Waals surface area contributed by atoms with E-state index in [0.717, 1.165) is 11.1 Å². The topological polar surface area (TPSA) is 43.4 Å². The van der Waals surface area contributed by atoms with E-state index in [9.17, 15) is 8.42 Å². The van der Waals surface area contributed by atoms with Crippen molar-refractivity contribution >= 4 is 15.9 Å². The van der Waals surface area contributed by atoms with Crippen LogP contribution in [0.15, 0.2) is 28.0 Å². The fourth-order valence-corrected chi connectivity index (χ4v) is 3.29. The van der Waals surface area contributed by atoms with Gasteiger partial charge in [-0.15, -0.1) is 0 Å². The molecule has 1 aliphatic heterocycles. The molecule has 2 rings (SSSR count). The normalized spacial score (nSPS) is 17.0. The Morgan fingerprint density at radius 2 is 2.06 bits per heavy atom. The van der Waals surface area contributed by atoms with Crippen molar-refractivity contribution in [1.29, 1.82) is 0 Å². The largest absolute Gasteiger partial charge is 0.376 e. The lowest BCUT2D eigenvalue weighted by atomic mass is 10.1. The van der Waals surface area contributed by atoms with Crippen LogP contribution >= 0.6 is 0 Å². The van der Waals surface area contributed by atoms with Gasteiger partial charge in [0.1, 0.15) is 0 Å². The van der Waals surface area contributed by atoms with Crippen molar-refractivity contribution in [1.82, 2.24) is 0 Å². The minimum atomic E-state index is -3.31. The van der Waals surface area contributed by atoms with Crippen LogP contribution in [-0.4, -0.2) is 21.6 Å². The van der Waals surface area contributed by atoms with Crippen LogP contribution < -0.4 is 0 Å². The lowest BCUT2D eigenvalue weighted by molar-refractivity contribution is 0.175. The maximum Gasteiger partial charge on any atom is 0.205 e. The lowest BCUT2D eigenvalue weighted by Crippen LogP contribution is -2.07. The zero-order valence-electron chi connectivity index (χ0n) is 9.36. The molecule has 1 aromatic rings. The van der Waals surface area contributed by atoms with Crippen molar-refractivity contribution in [2.45, 2.75) is 18.7 Å². The van der Waals surface area contributed by atoms with E-state index >= 15 is 0 Å². The summed E-state index contributed by atoms with van der Waals surface area (Å²) in [5.74, 6) is 0. The van der Waals surface area contributed by atoms with Crippen LogP contribution in [0.2, 0.25) is 0 Å². The number of sulfone groups is 1. The van der Waals surface area contributed by atoms with E-state index in [1.165, 1.54) is 0 Å². The Bertz CT molecular complexity index is 541. The summed E-state index contributed by atoms with van der Waals surface area (Å²) in [6, 6.07) is 5.45. The van der Waals surface area contributed by atoms with Gasteiger partial charge in [0, 0.05) is 6.61 Å². The van der Waals surface area contributed by atoms with Gasteiger partial charge in [0.25, 0.3) is 0 Å². The van der Waals surface area contributed by atoms with E-state index < -0.39 is 9.84 Å². The molecule has 0 aliphatic carbocycles. The smallest absolute Gasteiger partial charge is 0.205 e. The Hall–Kier alpha value is -1.13. The first-order chi connectivity index (χ1) is 7.55. The highest BCUT2D eigenvalue weighted by Gasteiger charge is 2.29. The van der Waals surface area contributed by atoms with Gasteiger partial charge in [-0.3, -0.25) is 0 Å². The molecule has 0 amide bonds. The standard InChI is InChI=1S/C12H14O3S/c1-3-15-8-11-7-10-5-4-9(2)6-12(10)16(11,13)14/h4-7H,3,8H2,1-2H3. The number of aryl methyl sites for hydroxylation is 1. The maximum absolute atomic E-state index is 12.1. The van der Waals surface area contributed by atoms with E-state index in [1.807, 2.05) is 26.0 Å². The zero-order chi connectivity index (χ0) is 11.8. The van der Waals surface area contributed by atoms with Crippen molar-refractivity contribution in [3.63, 3.8) is 0 Å². The Morgan fingerprint density at radius 1 is 1.31 bits per heavy atom. The van der Waals surface area contributed by atoms with Gasteiger partial charge in [0.15, 0.2) is 0 Å². The number of ether oxygens (including phenoxy) is 1. The summed E-state index contributed by atoms with van der Waals surface area (Å²) in [6.45, 7) is 4.41. The second kappa shape index (κ2) is 4.03. The number of fused-ring (bicyclic) bond motifs is 1. The minimum Gasteiger partial charge on any atom is -0.376 e. The average molecular weight is 238 g/mol. The van der Waals surface area contributed by atoms with Crippen LogP contribution in [0, 0.1) is 6.92 Å².